The number of thiophene rings is 2. The van der Waals surface area contributed by atoms with Gasteiger partial charge in [0.1, 0.15) is 0 Å². The van der Waals surface area contributed by atoms with Crippen molar-refractivity contribution in [2.45, 2.75) is 26.3 Å². The van der Waals surface area contributed by atoms with Crippen molar-refractivity contribution >= 4 is 28.6 Å². The fourth-order valence-electron chi connectivity index (χ4n) is 3.39. The summed E-state index contributed by atoms with van der Waals surface area (Å²) >= 11 is 3.71. The standard InChI is InChI=1S/C21H32N4OS2/c1-4-22-21(24(3)10-9-18-6-5-15-27-18)23-16-19(20-8-7-17(2)28-20)25-11-13-26-14-12-25/h5-8,15,19H,4,9-14,16H2,1-3H3,(H,22,23). The van der Waals surface area contributed by atoms with Crippen LogP contribution in [-0.2, 0) is 11.2 Å². The van der Waals surface area contributed by atoms with Crippen LogP contribution in [0, 0.1) is 6.92 Å². The van der Waals surface area contributed by atoms with Crippen LogP contribution < -0.4 is 5.32 Å². The van der Waals surface area contributed by atoms with Gasteiger partial charge in [-0.25, -0.2) is 0 Å². The van der Waals surface area contributed by atoms with E-state index in [1.807, 2.05) is 22.7 Å². The van der Waals surface area contributed by atoms with Gasteiger partial charge in [0.15, 0.2) is 5.96 Å². The minimum Gasteiger partial charge on any atom is -0.379 e. The molecule has 1 aliphatic heterocycles. The first-order chi connectivity index (χ1) is 13.7. The van der Waals surface area contributed by atoms with Crippen LogP contribution in [0.15, 0.2) is 34.6 Å². The Kier molecular flexibility index (Phi) is 8.33. The lowest BCUT2D eigenvalue weighted by Crippen LogP contribution is -2.42. The van der Waals surface area contributed by atoms with Crippen molar-refractivity contribution < 1.29 is 4.74 Å². The smallest absolute Gasteiger partial charge is 0.193 e. The third-order valence-corrected chi connectivity index (χ3v) is 7.00. The maximum Gasteiger partial charge on any atom is 0.193 e. The van der Waals surface area contributed by atoms with Gasteiger partial charge in [0.2, 0.25) is 0 Å². The second kappa shape index (κ2) is 11.0. The van der Waals surface area contributed by atoms with E-state index in [-0.39, 0.29) is 0 Å². The molecule has 2 aromatic rings. The number of guanidine groups is 1. The lowest BCUT2D eigenvalue weighted by atomic mass is 10.2. The number of nitrogens with zero attached hydrogens (tertiary/aromatic N) is 3. The number of rotatable bonds is 8. The lowest BCUT2D eigenvalue weighted by molar-refractivity contribution is 0.0186. The van der Waals surface area contributed by atoms with E-state index in [2.05, 4.69) is 65.7 Å². The maximum absolute atomic E-state index is 5.57. The van der Waals surface area contributed by atoms with Crippen LogP contribution in [0.1, 0.15) is 27.6 Å². The van der Waals surface area contributed by atoms with Gasteiger partial charge in [0.25, 0.3) is 0 Å². The second-order valence-electron chi connectivity index (χ2n) is 7.06. The minimum atomic E-state index is 0.321. The Labute approximate surface area is 177 Å². The van der Waals surface area contributed by atoms with E-state index in [1.165, 1.54) is 14.6 Å². The number of aryl methyl sites for hydroxylation is 1. The Balaban J connectivity index is 1.69. The Bertz CT molecular complexity index is 723. The van der Waals surface area contributed by atoms with Gasteiger partial charge >= 0.3 is 0 Å². The topological polar surface area (TPSA) is 40.1 Å². The molecule has 0 bridgehead atoms. The monoisotopic (exact) mass is 420 g/mol. The van der Waals surface area contributed by atoms with Gasteiger partial charge in [-0.15, -0.1) is 22.7 Å². The summed E-state index contributed by atoms with van der Waals surface area (Å²) in [5, 5.41) is 5.61. The molecule has 0 aliphatic carbocycles. The van der Waals surface area contributed by atoms with Crippen molar-refractivity contribution in [3.8, 4) is 0 Å². The Morgan fingerprint density at radius 1 is 1.32 bits per heavy atom. The summed E-state index contributed by atoms with van der Waals surface area (Å²) in [6, 6.07) is 9.13. The molecule has 0 amide bonds. The molecule has 0 spiro atoms. The molecule has 0 aromatic carbocycles. The van der Waals surface area contributed by atoms with Crippen LogP contribution in [0.4, 0.5) is 0 Å². The van der Waals surface area contributed by atoms with Gasteiger partial charge in [-0.2, -0.15) is 0 Å². The molecule has 3 rings (SSSR count). The summed E-state index contributed by atoms with van der Waals surface area (Å²) in [7, 11) is 2.13. The summed E-state index contributed by atoms with van der Waals surface area (Å²) in [4.78, 5) is 14.0. The number of ether oxygens (including phenoxy) is 1. The quantitative estimate of drug-likeness (QED) is 0.523. The maximum atomic E-state index is 5.57. The van der Waals surface area contributed by atoms with Crippen molar-refractivity contribution in [2.75, 3.05) is 53.0 Å². The van der Waals surface area contributed by atoms with Gasteiger partial charge in [0, 0.05) is 47.9 Å². The molecule has 1 fully saturated rings. The molecular weight excluding hydrogens is 388 g/mol. The molecule has 0 radical (unpaired) electrons. The number of nitrogens with one attached hydrogen (secondary N) is 1. The van der Waals surface area contributed by atoms with E-state index in [9.17, 15) is 0 Å². The van der Waals surface area contributed by atoms with Crippen molar-refractivity contribution in [3.05, 3.63) is 44.3 Å². The summed E-state index contributed by atoms with van der Waals surface area (Å²) < 4.78 is 5.57. The fraction of sp³-hybridized carbons (Fsp3) is 0.571. The molecule has 0 saturated carbocycles. The summed E-state index contributed by atoms with van der Waals surface area (Å²) in [5.41, 5.74) is 0. The second-order valence-corrected chi connectivity index (χ2v) is 9.41. The molecule has 1 unspecified atom stereocenters. The van der Waals surface area contributed by atoms with E-state index in [1.54, 1.807) is 0 Å². The number of likely N-dealkylation sites (N-methyl/N-ethyl adjacent to an activating group) is 1. The predicted molar refractivity (Wildman–Crippen MR) is 121 cm³/mol. The first kappa shape index (κ1) is 21.3. The summed E-state index contributed by atoms with van der Waals surface area (Å²) in [5.74, 6) is 0.991. The third-order valence-electron chi connectivity index (χ3n) is 4.96. The highest BCUT2D eigenvalue weighted by molar-refractivity contribution is 7.12. The fourth-order valence-corrected chi connectivity index (χ4v) is 5.09. The first-order valence-corrected chi connectivity index (χ1v) is 11.8. The normalized spacial score (nSPS) is 16.9. The van der Waals surface area contributed by atoms with Gasteiger partial charge < -0.3 is 15.0 Å². The highest BCUT2D eigenvalue weighted by Crippen LogP contribution is 2.28. The number of hydrogen-bond acceptors (Lipinski definition) is 5. The Morgan fingerprint density at radius 2 is 2.14 bits per heavy atom. The van der Waals surface area contributed by atoms with Crippen LogP contribution in [0.5, 0.6) is 0 Å². The Hall–Kier alpha value is -1.41. The molecule has 28 heavy (non-hydrogen) atoms. The van der Waals surface area contributed by atoms with Crippen LogP contribution >= 0.6 is 22.7 Å². The average molecular weight is 421 g/mol. The van der Waals surface area contributed by atoms with E-state index in [4.69, 9.17) is 9.73 Å². The zero-order valence-corrected chi connectivity index (χ0v) is 18.8. The molecule has 1 saturated heterocycles. The van der Waals surface area contributed by atoms with Crippen LogP contribution in [-0.4, -0.2) is 68.7 Å². The highest BCUT2D eigenvalue weighted by atomic mass is 32.1. The third kappa shape index (κ3) is 6.04. The van der Waals surface area contributed by atoms with Crippen LogP contribution in [0.25, 0.3) is 0 Å². The van der Waals surface area contributed by atoms with Gasteiger partial charge in [-0.1, -0.05) is 6.07 Å². The lowest BCUT2D eigenvalue weighted by Gasteiger charge is -2.33. The first-order valence-electron chi connectivity index (χ1n) is 10.1. The van der Waals surface area contributed by atoms with Crippen molar-refractivity contribution in [2.24, 2.45) is 4.99 Å². The summed E-state index contributed by atoms with van der Waals surface area (Å²) in [6.07, 6.45) is 1.05. The Morgan fingerprint density at radius 3 is 2.79 bits per heavy atom. The summed E-state index contributed by atoms with van der Waals surface area (Å²) in [6.45, 7) is 10.5. The van der Waals surface area contributed by atoms with E-state index in [0.717, 1.165) is 58.3 Å². The molecule has 5 nitrogen and oxygen atoms in total. The van der Waals surface area contributed by atoms with Gasteiger partial charge in [0.05, 0.1) is 25.8 Å². The SMILES string of the molecule is CCNC(=NCC(c1ccc(C)s1)N1CCOCC1)N(C)CCc1cccs1. The average Bonchev–Trinajstić information content (AvgIpc) is 3.38. The van der Waals surface area contributed by atoms with Crippen molar-refractivity contribution in [1.29, 1.82) is 0 Å². The molecule has 3 heterocycles. The molecule has 7 heteroatoms. The predicted octanol–water partition coefficient (Wildman–Crippen LogP) is 3.63. The number of hydrogen-bond donors (Lipinski definition) is 1. The molecule has 154 valence electrons. The molecule has 1 aliphatic rings. The van der Waals surface area contributed by atoms with Gasteiger partial charge in [-0.05, 0) is 43.8 Å². The van der Waals surface area contributed by atoms with Crippen LogP contribution in [0.3, 0.4) is 0 Å². The molecule has 1 atom stereocenters. The molecule has 2 aromatic heterocycles. The zero-order valence-electron chi connectivity index (χ0n) is 17.2. The number of aliphatic imine (C=N–C) groups is 1. The molecule has 1 N–H and O–H groups in total. The van der Waals surface area contributed by atoms with Crippen molar-refractivity contribution in [1.82, 2.24) is 15.1 Å². The van der Waals surface area contributed by atoms with Crippen molar-refractivity contribution in [3.63, 3.8) is 0 Å². The molecular formula is C21H32N4OS2. The van der Waals surface area contributed by atoms with E-state index in [0.29, 0.717) is 6.04 Å². The van der Waals surface area contributed by atoms with Gasteiger partial charge in [-0.3, -0.25) is 9.89 Å². The largest absolute Gasteiger partial charge is 0.379 e. The minimum absolute atomic E-state index is 0.321. The highest BCUT2D eigenvalue weighted by Gasteiger charge is 2.24. The zero-order chi connectivity index (χ0) is 19.8. The van der Waals surface area contributed by atoms with Crippen LogP contribution in [0.2, 0.25) is 0 Å². The van der Waals surface area contributed by atoms with E-state index < -0.39 is 0 Å². The number of morpholine rings is 1. The van der Waals surface area contributed by atoms with E-state index >= 15 is 0 Å².